The van der Waals surface area contributed by atoms with Crippen LogP contribution in [0.5, 0.6) is 0 Å². The second-order valence-corrected chi connectivity index (χ2v) is 6.18. The predicted octanol–water partition coefficient (Wildman–Crippen LogP) is 3.50. The van der Waals surface area contributed by atoms with Gasteiger partial charge in [-0.05, 0) is 18.6 Å². The first-order valence-electron chi connectivity index (χ1n) is 8.14. The maximum Gasteiger partial charge on any atom is 0.334 e. The Morgan fingerprint density at radius 3 is 2.42 bits per heavy atom. The summed E-state index contributed by atoms with van der Waals surface area (Å²) in [5.74, 6) is -1.07. The lowest BCUT2D eigenvalue weighted by Gasteiger charge is -2.27. The van der Waals surface area contributed by atoms with Gasteiger partial charge in [-0.3, -0.25) is 9.59 Å². The molecule has 0 N–H and O–H groups in total. The van der Waals surface area contributed by atoms with E-state index in [1.807, 2.05) is 0 Å². The van der Waals surface area contributed by atoms with Gasteiger partial charge >= 0.3 is 11.9 Å². The van der Waals surface area contributed by atoms with Crippen molar-refractivity contribution in [3.8, 4) is 0 Å². The molecule has 2 aromatic carbocycles. The average molecular weight is 350 g/mol. The van der Waals surface area contributed by atoms with Crippen molar-refractivity contribution in [2.24, 2.45) is 0 Å². The van der Waals surface area contributed by atoms with Gasteiger partial charge in [0.05, 0.1) is 0 Å². The lowest BCUT2D eigenvalue weighted by molar-refractivity contribution is -0.143. The number of benzene rings is 2. The molecule has 2 aromatic rings. The van der Waals surface area contributed by atoms with Crippen LogP contribution in [0.15, 0.2) is 54.6 Å². The molecule has 0 heterocycles. The number of fused-ring (bicyclic) bond motifs is 2. The summed E-state index contributed by atoms with van der Waals surface area (Å²) in [5, 5.41) is 0. The fourth-order valence-electron chi connectivity index (χ4n) is 2.88. The van der Waals surface area contributed by atoms with E-state index in [2.05, 4.69) is 6.58 Å². The lowest BCUT2D eigenvalue weighted by Crippen LogP contribution is -2.24. The Morgan fingerprint density at radius 2 is 1.73 bits per heavy atom. The van der Waals surface area contributed by atoms with Crippen LogP contribution in [0.1, 0.15) is 52.6 Å². The molecule has 0 saturated heterocycles. The summed E-state index contributed by atoms with van der Waals surface area (Å²) in [5.41, 5.74) is 3.16. The molecule has 0 saturated carbocycles. The minimum Gasteiger partial charge on any atom is -0.461 e. The highest BCUT2D eigenvalue weighted by atomic mass is 16.5. The van der Waals surface area contributed by atoms with Crippen LogP contribution in [-0.2, 0) is 25.7 Å². The normalized spacial score (nSPS) is 14.8. The molecule has 5 nitrogen and oxygen atoms in total. The Morgan fingerprint density at radius 1 is 1.04 bits per heavy atom. The number of ketones is 1. The summed E-state index contributed by atoms with van der Waals surface area (Å²) in [6.45, 7) is 6.59. The molecule has 0 aromatic heterocycles. The number of carbonyl (C=O) groups excluding carboxylic acids is 3. The zero-order chi connectivity index (χ0) is 18.8. The molecule has 3 rings (SSSR count). The molecule has 1 aliphatic carbocycles. The van der Waals surface area contributed by atoms with E-state index < -0.39 is 18.0 Å². The highest BCUT2D eigenvalue weighted by Gasteiger charge is 2.33. The Bertz CT molecular complexity index is 926. The van der Waals surface area contributed by atoms with Crippen LogP contribution in [0.25, 0.3) is 0 Å². The summed E-state index contributed by atoms with van der Waals surface area (Å²) in [4.78, 5) is 36.0. The average Bonchev–Trinajstić information content (AvgIpc) is 2.63. The second-order valence-electron chi connectivity index (χ2n) is 6.18. The van der Waals surface area contributed by atoms with E-state index >= 15 is 0 Å². The van der Waals surface area contributed by atoms with Crippen molar-refractivity contribution in [3.05, 3.63) is 82.4 Å². The smallest absolute Gasteiger partial charge is 0.334 e. The van der Waals surface area contributed by atoms with Gasteiger partial charge in [-0.15, -0.1) is 0 Å². The summed E-state index contributed by atoms with van der Waals surface area (Å²) in [6, 6.07) is 12.2. The second kappa shape index (κ2) is 6.96. The van der Waals surface area contributed by atoms with Gasteiger partial charge in [-0.1, -0.05) is 43.0 Å². The third-order valence-corrected chi connectivity index (χ3v) is 4.15. The van der Waals surface area contributed by atoms with Gasteiger partial charge in [0.15, 0.2) is 11.9 Å². The van der Waals surface area contributed by atoms with Crippen molar-refractivity contribution >= 4 is 17.7 Å². The fourth-order valence-corrected chi connectivity index (χ4v) is 2.88. The summed E-state index contributed by atoms with van der Waals surface area (Å²) in [7, 11) is 0. The Balaban J connectivity index is 2.06. The number of hydrogen-bond donors (Lipinski definition) is 0. The molecule has 5 heteroatoms. The topological polar surface area (TPSA) is 69.7 Å². The van der Waals surface area contributed by atoms with E-state index in [1.54, 1.807) is 49.4 Å². The monoisotopic (exact) mass is 350 g/mol. The van der Waals surface area contributed by atoms with Crippen LogP contribution in [0.3, 0.4) is 0 Å². The Kier molecular flexibility index (Phi) is 4.71. The Labute approximate surface area is 151 Å². The molecule has 0 radical (unpaired) electrons. The van der Waals surface area contributed by atoms with E-state index in [0.717, 1.165) is 0 Å². The van der Waals surface area contributed by atoms with Crippen molar-refractivity contribution in [2.45, 2.75) is 26.6 Å². The van der Waals surface area contributed by atoms with Crippen LogP contribution in [-0.4, -0.2) is 17.7 Å². The SMILES string of the molecule is C=C(C)C(=O)OC1c2ccccc2C(=O)c2cc(COC(C)=O)ccc21. The standard InChI is InChI=1S/C21H18O5/c1-12(2)21(24)26-20-16-7-5-4-6-15(16)19(23)18-10-14(8-9-17(18)20)11-25-13(3)22/h4-10,20H,1,11H2,2-3H3. The number of esters is 2. The van der Waals surface area contributed by atoms with Crippen LogP contribution < -0.4 is 0 Å². The van der Waals surface area contributed by atoms with E-state index in [4.69, 9.17) is 9.47 Å². The van der Waals surface area contributed by atoms with Gasteiger partial charge in [0, 0.05) is 34.8 Å². The zero-order valence-electron chi connectivity index (χ0n) is 14.6. The van der Waals surface area contributed by atoms with Gasteiger partial charge in [-0.2, -0.15) is 0 Å². The highest BCUT2D eigenvalue weighted by molar-refractivity contribution is 6.12. The molecule has 0 aliphatic heterocycles. The molecular formula is C21H18O5. The van der Waals surface area contributed by atoms with Gasteiger partial charge in [0.2, 0.25) is 0 Å². The van der Waals surface area contributed by atoms with E-state index in [1.165, 1.54) is 6.92 Å². The lowest BCUT2D eigenvalue weighted by atomic mass is 9.82. The molecule has 0 fully saturated rings. The Hall–Kier alpha value is -3.21. The third kappa shape index (κ3) is 3.28. The molecule has 1 aliphatic rings. The van der Waals surface area contributed by atoms with Gasteiger partial charge in [-0.25, -0.2) is 4.79 Å². The maximum absolute atomic E-state index is 12.9. The number of rotatable bonds is 4. The minimum atomic E-state index is -0.689. The largest absolute Gasteiger partial charge is 0.461 e. The number of ether oxygens (including phenoxy) is 2. The van der Waals surface area contributed by atoms with E-state index in [9.17, 15) is 14.4 Å². The van der Waals surface area contributed by atoms with Crippen molar-refractivity contribution in [1.29, 1.82) is 0 Å². The molecule has 0 spiro atoms. The van der Waals surface area contributed by atoms with Crippen LogP contribution in [0, 0.1) is 0 Å². The van der Waals surface area contributed by atoms with Crippen LogP contribution >= 0.6 is 0 Å². The summed E-state index contributed by atoms with van der Waals surface area (Å²) >= 11 is 0. The molecular weight excluding hydrogens is 332 g/mol. The fraction of sp³-hybridized carbons (Fsp3) is 0.190. The van der Waals surface area contributed by atoms with Gasteiger partial charge < -0.3 is 9.47 Å². The van der Waals surface area contributed by atoms with Crippen LogP contribution in [0.4, 0.5) is 0 Å². The first-order chi connectivity index (χ1) is 12.4. The number of hydrogen-bond acceptors (Lipinski definition) is 5. The van der Waals surface area contributed by atoms with E-state index in [-0.39, 0.29) is 18.0 Å². The molecule has 1 unspecified atom stereocenters. The van der Waals surface area contributed by atoms with Gasteiger partial charge in [0.25, 0.3) is 0 Å². The maximum atomic E-state index is 12.9. The molecule has 26 heavy (non-hydrogen) atoms. The molecule has 132 valence electrons. The van der Waals surface area contributed by atoms with Crippen molar-refractivity contribution < 1.29 is 23.9 Å². The summed E-state index contributed by atoms with van der Waals surface area (Å²) < 4.78 is 10.6. The first kappa shape index (κ1) is 17.6. The quantitative estimate of drug-likeness (QED) is 0.623. The van der Waals surface area contributed by atoms with Crippen LogP contribution in [0.2, 0.25) is 0 Å². The first-order valence-corrected chi connectivity index (χ1v) is 8.14. The molecule has 1 atom stereocenters. The minimum absolute atomic E-state index is 0.0771. The number of carbonyl (C=O) groups is 3. The van der Waals surface area contributed by atoms with Gasteiger partial charge in [0.1, 0.15) is 6.61 Å². The van der Waals surface area contributed by atoms with Crippen molar-refractivity contribution in [1.82, 2.24) is 0 Å². The highest BCUT2D eigenvalue weighted by Crippen LogP contribution is 2.38. The molecule has 0 bridgehead atoms. The predicted molar refractivity (Wildman–Crippen MR) is 94.5 cm³/mol. The third-order valence-electron chi connectivity index (χ3n) is 4.15. The summed E-state index contributed by atoms with van der Waals surface area (Å²) in [6.07, 6.45) is -0.689. The molecule has 0 amide bonds. The van der Waals surface area contributed by atoms with Crippen molar-refractivity contribution in [3.63, 3.8) is 0 Å². The zero-order valence-corrected chi connectivity index (χ0v) is 14.6. The van der Waals surface area contributed by atoms with E-state index in [0.29, 0.717) is 27.8 Å². The van der Waals surface area contributed by atoms with Crippen molar-refractivity contribution in [2.75, 3.05) is 0 Å².